The lowest BCUT2D eigenvalue weighted by Crippen LogP contribution is -1.93. The zero-order chi connectivity index (χ0) is 18.4. The van der Waals surface area contributed by atoms with E-state index in [-0.39, 0.29) is 0 Å². The summed E-state index contributed by atoms with van der Waals surface area (Å²) in [5, 5.41) is 3.64. The van der Waals surface area contributed by atoms with Crippen LogP contribution in [0.25, 0.3) is 38.4 Å². The Morgan fingerprint density at radius 1 is 0.630 bits per heavy atom. The fourth-order valence-electron chi connectivity index (χ4n) is 3.82. The van der Waals surface area contributed by atoms with Crippen LogP contribution in [-0.2, 0) is 0 Å². The van der Waals surface area contributed by atoms with Gasteiger partial charge >= 0.3 is 0 Å². The Bertz CT molecular complexity index is 1280. The van der Waals surface area contributed by atoms with Crippen LogP contribution in [0, 0.1) is 0 Å². The van der Waals surface area contributed by atoms with Gasteiger partial charge in [0.05, 0.1) is 30.9 Å². The molecule has 0 radical (unpaired) electrons. The van der Waals surface area contributed by atoms with Gasteiger partial charge in [0.25, 0.3) is 0 Å². The summed E-state index contributed by atoms with van der Waals surface area (Å²) < 4.78 is 13.1. The predicted molar refractivity (Wildman–Crippen MR) is 111 cm³/mol. The van der Waals surface area contributed by atoms with Gasteiger partial charge < -0.3 is 13.9 Å². The van der Waals surface area contributed by atoms with Crippen molar-refractivity contribution >= 4 is 27.2 Å². The second kappa shape index (κ2) is 6.06. The van der Waals surface area contributed by atoms with Gasteiger partial charge in [-0.3, -0.25) is 0 Å². The van der Waals surface area contributed by atoms with E-state index in [0.29, 0.717) is 0 Å². The number of rotatable bonds is 3. The number of methoxy groups -OCH3 is 2. The molecular weight excluding hydrogens is 334 g/mol. The highest BCUT2D eigenvalue weighted by molar-refractivity contribution is 6.05. The third kappa shape index (κ3) is 2.43. The fourth-order valence-corrected chi connectivity index (χ4v) is 3.82. The lowest BCUT2D eigenvalue weighted by Gasteiger charge is -2.12. The lowest BCUT2D eigenvalue weighted by atomic mass is 10.1. The van der Waals surface area contributed by atoms with E-state index in [2.05, 4.69) is 65.1 Å². The van der Waals surface area contributed by atoms with Crippen molar-refractivity contribution in [2.24, 2.45) is 0 Å². The van der Waals surface area contributed by atoms with E-state index in [0.717, 1.165) is 22.8 Å². The van der Waals surface area contributed by atoms with E-state index in [1.807, 2.05) is 18.2 Å². The molecule has 2 aromatic heterocycles. The van der Waals surface area contributed by atoms with Gasteiger partial charge in [0, 0.05) is 10.8 Å². The molecule has 0 aliphatic heterocycles. The van der Waals surface area contributed by atoms with Crippen molar-refractivity contribution in [3.63, 3.8) is 0 Å². The first kappa shape index (κ1) is 15.8. The number of hydrogen-bond acceptors (Lipinski definition) is 2. The molecule has 0 fully saturated rings. The van der Waals surface area contributed by atoms with Crippen molar-refractivity contribution in [1.82, 2.24) is 4.40 Å². The van der Waals surface area contributed by atoms with Crippen LogP contribution in [0.4, 0.5) is 0 Å². The Morgan fingerprint density at radius 2 is 1.37 bits per heavy atom. The number of nitrogens with zero attached hydrogens (tertiary/aromatic N) is 1. The summed E-state index contributed by atoms with van der Waals surface area (Å²) in [5.74, 6) is 1.73. The van der Waals surface area contributed by atoms with Gasteiger partial charge in [-0.25, -0.2) is 0 Å². The molecule has 0 bridgehead atoms. The lowest BCUT2D eigenvalue weighted by molar-refractivity contribution is 0.415. The molecule has 3 heteroatoms. The molecule has 0 saturated heterocycles. The van der Waals surface area contributed by atoms with Crippen molar-refractivity contribution in [2.45, 2.75) is 0 Å². The molecule has 0 amide bonds. The van der Waals surface area contributed by atoms with Crippen molar-refractivity contribution in [3.8, 4) is 22.8 Å². The van der Waals surface area contributed by atoms with Crippen LogP contribution < -0.4 is 9.47 Å². The van der Waals surface area contributed by atoms with Gasteiger partial charge in [-0.15, -0.1) is 0 Å². The molecule has 3 aromatic carbocycles. The molecule has 2 heterocycles. The van der Waals surface area contributed by atoms with Gasteiger partial charge in [0.15, 0.2) is 0 Å². The molecule has 0 saturated carbocycles. The van der Waals surface area contributed by atoms with Crippen LogP contribution in [0.5, 0.6) is 11.5 Å². The maximum atomic E-state index is 5.42. The average Bonchev–Trinajstić information content (AvgIpc) is 3.12. The molecule has 0 unspecified atom stereocenters. The Hall–Kier alpha value is -3.46. The van der Waals surface area contributed by atoms with E-state index in [9.17, 15) is 0 Å². The zero-order valence-electron chi connectivity index (χ0n) is 15.3. The van der Waals surface area contributed by atoms with Gasteiger partial charge in [-0.2, -0.15) is 0 Å². The minimum atomic E-state index is 0.859. The van der Waals surface area contributed by atoms with Crippen LogP contribution in [-0.4, -0.2) is 18.6 Å². The molecular formula is C24H19NO2. The van der Waals surface area contributed by atoms with Crippen LogP contribution in [0.2, 0.25) is 0 Å². The smallest absolute Gasteiger partial charge is 0.119 e. The maximum Gasteiger partial charge on any atom is 0.119 e. The molecule has 132 valence electrons. The first-order valence-electron chi connectivity index (χ1n) is 8.94. The second-order valence-electron chi connectivity index (χ2n) is 6.64. The summed E-state index contributed by atoms with van der Waals surface area (Å²) in [6.45, 7) is 0. The minimum absolute atomic E-state index is 0.859. The SMILES string of the molecule is COc1ccc(-c2cc3ccccc3c3cc4cc(OC)ccc4n23)cc1. The third-order valence-electron chi connectivity index (χ3n) is 5.16. The minimum Gasteiger partial charge on any atom is -0.497 e. The molecule has 3 nitrogen and oxygen atoms in total. The zero-order valence-corrected chi connectivity index (χ0v) is 15.3. The summed E-state index contributed by atoms with van der Waals surface area (Å²) in [5.41, 5.74) is 4.68. The molecule has 27 heavy (non-hydrogen) atoms. The Balaban J connectivity index is 1.91. The summed E-state index contributed by atoms with van der Waals surface area (Å²) in [4.78, 5) is 0. The van der Waals surface area contributed by atoms with E-state index in [1.54, 1.807) is 14.2 Å². The largest absolute Gasteiger partial charge is 0.497 e. The van der Waals surface area contributed by atoms with Gasteiger partial charge in [0.2, 0.25) is 0 Å². The monoisotopic (exact) mass is 353 g/mol. The number of benzene rings is 3. The quantitative estimate of drug-likeness (QED) is 0.401. The fraction of sp³-hybridized carbons (Fsp3) is 0.0833. The van der Waals surface area contributed by atoms with Gasteiger partial charge in [0.1, 0.15) is 11.5 Å². The number of aromatic nitrogens is 1. The van der Waals surface area contributed by atoms with Gasteiger partial charge in [-0.05, 0) is 65.5 Å². The van der Waals surface area contributed by atoms with Crippen LogP contribution in [0.3, 0.4) is 0 Å². The number of pyridine rings is 1. The van der Waals surface area contributed by atoms with E-state index in [1.165, 1.54) is 27.2 Å². The highest BCUT2D eigenvalue weighted by Crippen LogP contribution is 2.35. The Morgan fingerprint density at radius 3 is 2.15 bits per heavy atom. The first-order valence-corrected chi connectivity index (χ1v) is 8.94. The molecule has 5 aromatic rings. The molecule has 0 aliphatic rings. The Kier molecular flexibility index (Phi) is 3.54. The number of fused-ring (bicyclic) bond motifs is 5. The number of hydrogen-bond donors (Lipinski definition) is 0. The van der Waals surface area contributed by atoms with E-state index >= 15 is 0 Å². The van der Waals surface area contributed by atoms with Crippen LogP contribution in [0.15, 0.2) is 78.9 Å². The van der Waals surface area contributed by atoms with Crippen molar-refractivity contribution in [3.05, 3.63) is 78.9 Å². The maximum absolute atomic E-state index is 5.42. The average molecular weight is 353 g/mol. The highest BCUT2D eigenvalue weighted by atomic mass is 16.5. The normalized spacial score (nSPS) is 11.3. The first-order chi connectivity index (χ1) is 13.3. The second-order valence-corrected chi connectivity index (χ2v) is 6.64. The molecule has 0 spiro atoms. The summed E-state index contributed by atoms with van der Waals surface area (Å²) >= 11 is 0. The van der Waals surface area contributed by atoms with Crippen LogP contribution >= 0.6 is 0 Å². The van der Waals surface area contributed by atoms with Crippen molar-refractivity contribution < 1.29 is 9.47 Å². The molecule has 0 aliphatic carbocycles. The topological polar surface area (TPSA) is 22.9 Å². The molecule has 5 rings (SSSR count). The molecule has 0 atom stereocenters. The number of ether oxygens (including phenoxy) is 2. The van der Waals surface area contributed by atoms with E-state index in [4.69, 9.17) is 9.47 Å². The van der Waals surface area contributed by atoms with E-state index < -0.39 is 0 Å². The van der Waals surface area contributed by atoms with Crippen LogP contribution in [0.1, 0.15) is 0 Å². The highest BCUT2D eigenvalue weighted by Gasteiger charge is 2.13. The van der Waals surface area contributed by atoms with Gasteiger partial charge in [-0.1, -0.05) is 24.3 Å². The summed E-state index contributed by atoms with van der Waals surface area (Å²) in [7, 11) is 3.39. The summed E-state index contributed by atoms with van der Waals surface area (Å²) in [6.07, 6.45) is 0. The Labute approximate surface area is 157 Å². The predicted octanol–water partition coefficient (Wildman–Crippen LogP) is 5.93. The molecule has 0 N–H and O–H groups in total. The third-order valence-corrected chi connectivity index (χ3v) is 5.16. The van der Waals surface area contributed by atoms with Crippen molar-refractivity contribution in [1.29, 1.82) is 0 Å². The van der Waals surface area contributed by atoms with Crippen molar-refractivity contribution in [2.75, 3.05) is 14.2 Å². The standard InChI is InChI=1S/C24H19NO2/c1-26-19-9-7-16(8-10-19)23-14-17-5-3-4-6-21(17)24-15-18-13-20(27-2)11-12-22(18)25(23)24/h3-15H,1-2H3. The summed E-state index contributed by atoms with van der Waals surface area (Å²) in [6, 6.07) is 27.5.